The molecule has 0 atom stereocenters. The van der Waals surface area contributed by atoms with E-state index in [0.717, 1.165) is 36.5 Å². The van der Waals surface area contributed by atoms with Crippen LogP contribution in [0, 0.1) is 0 Å². The van der Waals surface area contributed by atoms with Crippen molar-refractivity contribution in [3.63, 3.8) is 0 Å². The summed E-state index contributed by atoms with van der Waals surface area (Å²) in [7, 11) is -4.04. The van der Waals surface area contributed by atoms with Gasteiger partial charge in [0.15, 0.2) is 9.84 Å². The van der Waals surface area contributed by atoms with Crippen LogP contribution < -0.4 is 4.74 Å². The molecule has 23 heavy (non-hydrogen) atoms. The van der Waals surface area contributed by atoms with Crippen LogP contribution in [0.1, 0.15) is 5.69 Å². The third kappa shape index (κ3) is 4.73. The van der Waals surface area contributed by atoms with Crippen LogP contribution in [0.15, 0.2) is 41.4 Å². The molecule has 0 unspecified atom stereocenters. The van der Waals surface area contributed by atoms with E-state index in [1.165, 1.54) is 0 Å². The first-order valence-corrected chi connectivity index (χ1v) is 8.02. The summed E-state index contributed by atoms with van der Waals surface area (Å²) in [4.78, 5) is 3.30. The Morgan fingerprint density at radius 3 is 2.57 bits per heavy atom. The van der Waals surface area contributed by atoms with Crippen molar-refractivity contribution in [3.05, 3.63) is 47.2 Å². The molecular formula is C13H9ClF3NO4S. The number of aromatic nitrogens is 1. The van der Waals surface area contributed by atoms with Crippen molar-refractivity contribution >= 4 is 21.4 Å². The summed E-state index contributed by atoms with van der Waals surface area (Å²) < 4.78 is 64.7. The van der Waals surface area contributed by atoms with Crippen molar-refractivity contribution in [3.8, 4) is 11.5 Å². The summed E-state index contributed by atoms with van der Waals surface area (Å²) in [6.45, 7) is 0. The highest BCUT2D eigenvalue weighted by atomic mass is 35.5. The van der Waals surface area contributed by atoms with Crippen molar-refractivity contribution in [2.75, 3.05) is 0 Å². The van der Waals surface area contributed by atoms with E-state index in [9.17, 15) is 26.7 Å². The topological polar surface area (TPSA) is 76.5 Å². The zero-order chi connectivity index (χ0) is 17.3. The van der Waals surface area contributed by atoms with E-state index in [1.54, 1.807) is 0 Å². The molecule has 0 aliphatic heterocycles. The van der Waals surface area contributed by atoms with Gasteiger partial charge < -0.3 is 9.84 Å². The molecule has 2 aromatic rings. The van der Waals surface area contributed by atoms with E-state index < -0.39 is 38.3 Å². The van der Waals surface area contributed by atoms with Crippen LogP contribution in [0.25, 0.3) is 0 Å². The molecule has 124 valence electrons. The largest absolute Gasteiger partial charge is 0.573 e. The maximum Gasteiger partial charge on any atom is 0.573 e. The van der Waals surface area contributed by atoms with Gasteiger partial charge in [-0.15, -0.1) is 13.2 Å². The molecule has 0 aliphatic rings. The van der Waals surface area contributed by atoms with E-state index in [4.69, 9.17) is 11.6 Å². The molecule has 1 heterocycles. The second-order valence-corrected chi connectivity index (χ2v) is 6.83. The molecule has 0 spiro atoms. The number of rotatable bonds is 4. The predicted octanol–water partition coefficient (Wildman–Crippen LogP) is 3.31. The molecule has 1 aromatic heterocycles. The summed E-state index contributed by atoms with van der Waals surface area (Å²) >= 11 is 5.59. The van der Waals surface area contributed by atoms with Crippen LogP contribution in [0.4, 0.5) is 13.2 Å². The van der Waals surface area contributed by atoms with E-state index in [2.05, 4.69) is 9.72 Å². The van der Waals surface area contributed by atoms with Crippen molar-refractivity contribution in [2.45, 2.75) is 17.0 Å². The molecule has 0 amide bonds. The average Bonchev–Trinajstić information content (AvgIpc) is 2.40. The van der Waals surface area contributed by atoms with E-state index in [1.807, 2.05) is 0 Å². The SMILES string of the molecule is O=S(=O)(Cc1ncc(Cl)cc1O)c1cccc(OC(F)(F)F)c1. The first-order valence-electron chi connectivity index (χ1n) is 5.99. The zero-order valence-electron chi connectivity index (χ0n) is 11.2. The Kier molecular flexibility index (Phi) is 4.71. The molecular weight excluding hydrogens is 359 g/mol. The molecule has 2 rings (SSSR count). The number of hydrogen-bond acceptors (Lipinski definition) is 5. The monoisotopic (exact) mass is 367 g/mol. The van der Waals surface area contributed by atoms with Crippen LogP contribution in [-0.2, 0) is 15.6 Å². The van der Waals surface area contributed by atoms with Crippen molar-refractivity contribution < 1.29 is 31.4 Å². The van der Waals surface area contributed by atoms with Crippen molar-refractivity contribution in [1.82, 2.24) is 4.98 Å². The molecule has 1 aromatic carbocycles. The van der Waals surface area contributed by atoms with Gasteiger partial charge in [0.05, 0.1) is 15.6 Å². The Morgan fingerprint density at radius 2 is 1.96 bits per heavy atom. The lowest BCUT2D eigenvalue weighted by Crippen LogP contribution is -2.17. The number of sulfone groups is 1. The summed E-state index contributed by atoms with van der Waals surface area (Å²) in [5, 5.41) is 9.74. The predicted molar refractivity (Wildman–Crippen MR) is 74.9 cm³/mol. The van der Waals surface area contributed by atoms with Gasteiger partial charge in [-0.1, -0.05) is 17.7 Å². The number of benzene rings is 1. The summed E-state index contributed by atoms with van der Waals surface area (Å²) in [6, 6.07) is 5.07. The minimum atomic E-state index is -4.93. The van der Waals surface area contributed by atoms with Gasteiger partial charge in [-0.25, -0.2) is 8.42 Å². The first-order chi connectivity index (χ1) is 10.6. The summed E-state index contributed by atoms with van der Waals surface area (Å²) in [5.41, 5.74) is -0.170. The standard InChI is InChI=1S/C13H9ClF3NO4S/c14-8-4-12(19)11(18-6-8)7-23(20,21)10-3-1-2-9(5-10)22-13(15,16)17/h1-6,19H,7H2. The summed E-state index contributed by atoms with van der Waals surface area (Å²) in [6.07, 6.45) is -3.78. The van der Waals surface area contributed by atoms with Gasteiger partial charge in [0, 0.05) is 12.3 Å². The Balaban J connectivity index is 2.31. The molecule has 0 radical (unpaired) electrons. The highest BCUT2D eigenvalue weighted by Gasteiger charge is 2.31. The second kappa shape index (κ2) is 6.25. The fraction of sp³-hybridized carbons (Fsp3) is 0.154. The number of aromatic hydroxyl groups is 1. The minimum absolute atomic E-state index is 0.115. The van der Waals surface area contributed by atoms with Gasteiger partial charge in [0.25, 0.3) is 0 Å². The molecule has 0 saturated carbocycles. The first kappa shape index (κ1) is 17.4. The molecule has 0 aliphatic carbocycles. The Bertz CT molecular complexity index is 824. The number of alkyl halides is 3. The van der Waals surface area contributed by atoms with E-state index >= 15 is 0 Å². The van der Waals surface area contributed by atoms with Gasteiger partial charge in [0.2, 0.25) is 0 Å². The van der Waals surface area contributed by atoms with Gasteiger partial charge >= 0.3 is 6.36 Å². The summed E-state index contributed by atoms with van der Waals surface area (Å²) in [5.74, 6) is -1.79. The van der Waals surface area contributed by atoms with Crippen LogP contribution in [0.2, 0.25) is 5.02 Å². The Hall–Kier alpha value is -2.00. The number of hydrogen-bond donors (Lipinski definition) is 1. The fourth-order valence-corrected chi connectivity index (χ4v) is 3.18. The van der Waals surface area contributed by atoms with Crippen molar-refractivity contribution in [2.24, 2.45) is 0 Å². The molecule has 10 heteroatoms. The molecule has 0 saturated heterocycles. The number of halogens is 4. The lowest BCUT2D eigenvalue weighted by atomic mass is 10.3. The minimum Gasteiger partial charge on any atom is -0.506 e. The smallest absolute Gasteiger partial charge is 0.506 e. The van der Waals surface area contributed by atoms with Crippen molar-refractivity contribution in [1.29, 1.82) is 0 Å². The zero-order valence-corrected chi connectivity index (χ0v) is 12.8. The fourth-order valence-electron chi connectivity index (χ4n) is 1.70. The molecule has 1 N–H and O–H groups in total. The maximum absolute atomic E-state index is 12.2. The van der Waals surface area contributed by atoms with Gasteiger partial charge in [-0.05, 0) is 18.2 Å². The Morgan fingerprint density at radius 1 is 1.26 bits per heavy atom. The lowest BCUT2D eigenvalue weighted by molar-refractivity contribution is -0.274. The average molecular weight is 368 g/mol. The van der Waals surface area contributed by atoms with Crippen LogP contribution in [0.5, 0.6) is 11.5 Å². The third-order valence-corrected chi connectivity index (χ3v) is 4.47. The van der Waals surface area contributed by atoms with Crippen LogP contribution >= 0.6 is 11.6 Å². The number of nitrogens with zero attached hydrogens (tertiary/aromatic N) is 1. The van der Waals surface area contributed by atoms with Gasteiger partial charge in [-0.3, -0.25) is 4.98 Å². The molecule has 0 bridgehead atoms. The lowest BCUT2D eigenvalue weighted by Gasteiger charge is -2.10. The van der Waals surface area contributed by atoms with Crippen LogP contribution in [0.3, 0.4) is 0 Å². The second-order valence-electron chi connectivity index (χ2n) is 4.40. The quantitative estimate of drug-likeness (QED) is 0.897. The number of pyridine rings is 1. The molecule has 5 nitrogen and oxygen atoms in total. The van der Waals surface area contributed by atoms with Crippen LogP contribution in [-0.4, -0.2) is 24.9 Å². The Labute approximate surface area is 134 Å². The third-order valence-electron chi connectivity index (χ3n) is 2.64. The highest BCUT2D eigenvalue weighted by molar-refractivity contribution is 7.90. The number of ether oxygens (including phenoxy) is 1. The maximum atomic E-state index is 12.2. The van der Waals surface area contributed by atoms with E-state index in [-0.39, 0.29) is 10.7 Å². The van der Waals surface area contributed by atoms with Gasteiger partial charge in [-0.2, -0.15) is 0 Å². The van der Waals surface area contributed by atoms with Gasteiger partial charge in [0.1, 0.15) is 17.3 Å². The molecule has 0 fully saturated rings. The van der Waals surface area contributed by atoms with E-state index in [0.29, 0.717) is 0 Å². The highest BCUT2D eigenvalue weighted by Crippen LogP contribution is 2.28. The normalized spacial score (nSPS) is 12.2.